The molecule has 18 heavy (non-hydrogen) atoms. The summed E-state index contributed by atoms with van der Waals surface area (Å²) in [6.07, 6.45) is -1.68. The molecule has 0 fully saturated rings. The molecule has 0 saturated heterocycles. The van der Waals surface area contributed by atoms with Crippen molar-refractivity contribution in [2.45, 2.75) is 6.18 Å². The number of anilines is 1. The summed E-state index contributed by atoms with van der Waals surface area (Å²) in [7, 11) is 0. The smallest absolute Gasteiger partial charge is 0.253 e. The number of alkyl halides is 3. The molecule has 1 N–H and O–H groups in total. The van der Waals surface area contributed by atoms with E-state index >= 15 is 0 Å². The highest BCUT2D eigenvalue weighted by Gasteiger charge is 2.32. The van der Waals surface area contributed by atoms with Crippen molar-refractivity contribution in [1.29, 1.82) is 0 Å². The van der Waals surface area contributed by atoms with E-state index in [1.54, 1.807) is 11.6 Å². The van der Waals surface area contributed by atoms with Gasteiger partial charge in [-0.3, -0.25) is 5.43 Å². The van der Waals surface area contributed by atoms with Gasteiger partial charge in [-0.1, -0.05) is 18.2 Å². The Morgan fingerprint density at radius 2 is 2.06 bits per heavy atom. The van der Waals surface area contributed by atoms with Gasteiger partial charge in [0.2, 0.25) is 5.13 Å². The molecule has 0 aliphatic carbocycles. The maximum Gasteiger partial charge on any atom is 0.417 e. The average molecular weight is 271 g/mol. The lowest BCUT2D eigenvalue weighted by molar-refractivity contribution is -0.137. The van der Waals surface area contributed by atoms with Crippen molar-refractivity contribution < 1.29 is 13.2 Å². The fourth-order valence-corrected chi connectivity index (χ4v) is 1.78. The summed E-state index contributed by atoms with van der Waals surface area (Å²) in [6.45, 7) is 0. The molecule has 0 amide bonds. The molecular weight excluding hydrogens is 263 g/mol. The lowest BCUT2D eigenvalue weighted by Crippen LogP contribution is -2.08. The summed E-state index contributed by atoms with van der Waals surface area (Å²) in [6, 6.07) is 5.25. The second kappa shape index (κ2) is 5.18. The van der Waals surface area contributed by atoms with Gasteiger partial charge in [0.15, 0.2) is 0 Å². The van der Waals surface area contributed by atoms with Crippen LogP contribution >= 0.6 is 11.3 Å². The first-order valence-corrected chi connectivity index (χ1v) is 5.80. The van der Waals surface area contributed by atoms with E-state index in [0.717, 1.165) is 12.3 Å². The van der Waals surface area contributed by atoms with Crippen molar-refractivity contribution >= 4 is 22.7 Å². The third-order valence-corrected chi connectivity index (χ3v) is 2.74. The Bertz CT molecular complexity index is 535. The van der Waals surface area contributed by atoms with Gasteiger partial charge in [0.25, 0.3) is 0 Å². The SMILES string of the molecule is FC(F)(F)c1ccccc1/C=N/Nc1nccs1. The minimum absolute atomic E-state index is 0.00839. The molecule has 0 saturated carbocycles. The highest BCUT2D eigenvalue weighted by atomic mass is 32.1. The Hall–Kier alpha value is -1.89. The summed E-state index contributed by atoms with van der Waals surface area (Å²) in [5.41, 5.74) is 1.86. The molecule has 2 aromatic rings. The molecule has 0 atom stereocenters. The number of nitrogens with one attached hydrogen (secondary N) is 1. The van der Waals surface area contributed by atoms with Crippen molar-refractivity contribution in [3.05, 3.63) is 47.0 Å². The Labute approximate surface area is 105 Å². The Morgan fingerprint density at radius 3 is 2.72 bits per heavy atom. The van der Waals surface area contributed by atoms with E-state index in [1.165, 1.54) is 29.5 Å². The standard InChI is InChI=1S/C11H8F3N3S/c12-11(13,14)9-4-2-1-3-8(9)7-16-17-10-15-5-6-18-10/h1-7H,(H,15,17)/b16-7+. The number of rotatable bonds is 3. The number of hydrogen-bond donors (Lipinski definition) is 1. The van der Waals surface area contributed by atoms with Gasteiger partial charge in [0.1, 0.15) is 0 Å². The van der Waals surface area contributed by atoms with Gasteiger partial charge in [0, 0.05) is 17.1 Å². The van der Waals surface area contributed by atoms with Crippen LogP contribution in [0.15, 0.2) is 40.9 Å². The Kier molecular flexibility index (Phi) is 3.61. The van der Waals surface area contributed by atoms with E-state index in [2.05, 4.69) is 15.5 Å². The zero-order valence-electron chi connectivity index (χ0n) is 8.98. The number of nitrogens with zero attached hydrogens (tertiary/aromatic N) is 2. The maximum atomic E-state index is 12.7. The van der Waals surface area contributed by atoms with Gasteiger partial charge in [0.05, 0.1) is 11.8 Å². The van der Waals surface area contributed by atoms with Gasteiger partial charge >= 0.3 is 6.18 Å². The molecule has 0 spiro atoms. The first-order valence-electron chi connectivity index (χ1n) is 4.92. The number of aromatic nitrogens is 1. The van der Waals surface area contributed by atoms with Crippen LogP contribution in [0.1, 0.15) is 11.1 Å². The Balaban J connectivity index is 2.16. The van der Waals surface area contributed by atoms with Crippen LogP contribution < -0.4 is 5.43 Å². The summed E-state index contributed by atoms with van der Waals surface area (Å²) >= 11 is 1.31. The summed E-state index contributed by atoms with van der Waals surface area (Å²) in [4.78, 5) is 3.89. The molecule has 0 aliphatic rings. The third-order valence-electron chi connectivity index (χ3n) is 2.06. The first kappa shape index (κ1) is 12.6. The average Bonchev–Trinajstić information content (AvgIpc) is 2.81. The fraction of sp³-hybridized carbons (Fsp3) is 0.0909. The number of halogens is 3. The number of hydrazone groups is 1. The normalized spacial score (nSPS) is 11.9. The topological polar surface area (TPSA) is 37.3 Å². The molecule has 1 aromatic carbocycles. The first-order chi connectivity index (χ1) is 8.57. The summed E-state index contributed by atoms with van der Waals surface area (Å²) in [5, 5.41) is 5.99. The monoisotopic (exact) mass is 271 g/mol. The lowest BCUT2D eigenvalue weighted by Gasteiger charge is -2.08. The predicted molar refractivity (Wildman–Crippen MR) is 64.8 cm³/mol. The zero-order chi connectivity index (χ0) is 13.0. The zero-order valence-corrected chi connectivity index (χ0v) is 9.79. The molecule has 1 aromatic heterocycles. The van der Waals surface area contributed by atoms with E-state index in [-0.39, 0.29) is 5.56 Å². The quantitative estimate of drug-likeness (QED) is 0.684. The van der Waals surface area contributed by atoms with Crippen molar-refractivity contribution in [3.8, 4) is 0 Å². The molecule has 7 heteroatoms. The number of benzene rings is 1. The second-order valence-electron chi connectivity index (χ2n) is 3.29. The highest BCUT2D eigenvalue weighted by molar-refractivity contribution is 7.13. The van der Waals surface area contributed by atoms with Crippen LogP contribution in [0.25, 0.3) is 0 Å². The molecule has 3 nitrogen and oxygen atoms in total. The van der Waals surface area contributed by atoms with Crippen LogP contribution in [0.4, 0.5) is 18.3 Å². The molecule has 0 bridgehead atoms. The van der Waals surface area contributed by atoms with Crippen LogP contribution in [0.5, 0.6) is 0 Å². The van der Waals surface area contributed by atoms with Crippen molar-refractivity contribution in [2.24, 2.45) is 5.10 Å². The summed E-state index contributed by atoms with van der Waals surface area (Å²) < 4.78 is 38.0. The molecule has 0 radical (unpaired) electrons. The molecule has 0 unspecified atom stereocenters. The van der Waals surface area contributed by atoms with Crippen molar-refractivity contribution in [1.82, 2.24) is 4.98 Å². The minimum Gasteiger partial charge on any atom is -0.253 e. The maximum absolute atomic E-state index is 12.7. The van der Waals surface area contributed by atoms with E-state index < -0.39 is 11.7 Å². The van der Waals surface area contributed by atoms with Crippen LogP contribution in [0, 0.1) is 0 Å². The van der Waals surface area contributed by atoms with Gasteiger partial charge in [-0.05, 0) is 6.07 Å². The van der Waals surface area contributed by atoms with Crippen LogP contribution in [0.3, 0.4) is 0 Å². The molecule has 2 rings (SSSR count). The predicted octanol–water partition coefficient (Wildman–Crippen LogP) is 3.61. The molecule has 1 heterocycles. The lowest BCUT2D eigenvalue weighted by atomic mass is 10.1. The molecular formula is C11H8F3N3S. The summed E-state index contributed by atoms with van der Waals surface area (Å²) in [5.74, 6) is 0. The highest BCUT2D eigenvalue weighted by Crippen LogP contribution is 2.31. The molecule has 0 aliphatic heterocycles. The van der Waals surface area contributed by atoms with Gasteiger partial charge < -0.3 is 0 Å². The largest absolute Gasteiger partial charge is 0.417 e. The number of hydrogen-bond acceptors (Lipinski definition) is 4. The third kappa shape index (κ3) is 3.07. The van der Waals surface area contributed by atoms with E-state index in [0.29, 0.717) is 5.13 Å². The van der Waals surface area contributed by atoms with Gasteiger partial charge in [-0.2, -0.15) is 18.3 Å². The number of thiazole rings is 1. The molecule has 94 valence electrons. The van der Waals surface area contributed by atoms with Crippen LogP contribution in [-0.4, -0.2) is 11.2 Å². The second-order valence-corrected chi connectivity index (χ2v) is 4.19. The van der Waals surface area contributed by atoms with Gasteiger partial charge in [-0.15, -0.1) is 11.3 Å². The minimum atomic E-state index is -4.39. The van der Waals surface area contributed by atoms with Crippen molar-refractivity contribution in [3.63, 3.8) is 0 Å². The van der Waals surface area contributed by atoms with E-state index in [4.69, 9.17) is 0 Å². The van der Waals surface area contributed by atoms with Crippen molar-refractivity contribution in [2.75, 3.05) is 5.43 Å². The van der Waals surface area contributed by atoms with E-state index in [1.807, 2.05) is 0 Å². The van der Waals surface area contributed by atoms with E-state index in [9.17, 15) is 13.2 Å². The van der Waals surface area contributed by atoms with Gasteiger partial charge in [-0.25, -0.2) is 4.98 Å². The van der Waals surface area contributed by atoms with Crippen LogP contribution in [-0.2, 0) is 6.18 Å². The Morgan fingerprint density at radius 1 is 1.28 bits per heavy atom. The van der Waals surface area contributed by atoms with Crippen LogP contribution in [0.2, 0.25) is 0 Å². The fourth-order valence-electron chi connectivity index (χ4n) is 1.30.